The Kier molecular flexibility index (Phi) is 4.46. The summed E-state index contributed by atoms with van der Waals surface area (Å²) in [7, 11) is 0. The smallest absolute Gasteiger partial charge is 0.157 e. The standard InChI is InChI=1S/C23H35N3O2/c1-22(28)9-7-16-15(13-22)3-4-18-17(16)8-10-23(2)19(18)5-6-20(23)21(27)14-26-12-11-24-25-26/h11-12,15-20,28H,3-10,13-14H2,1-2H3/t15-,16+,17-,18-,19+,20-,22-,23+/m1/s1. The van der Waals surface area contributed by atoms with Crippen LogP contribution in [0.4, 0.5) is 0 Å². The number of nitrogens with zero attached hydrogens (tertiary/aromatic N) is 3. The highest BCUT2D eigenvalue weighted by molar-refractivity contribution is 5.82. The number of fused-ring (bicyclic) bond motifs is 5. The Balaban J connectivity index is 1.32. The van der Waals surface area contributed by atoms with Crippen LogP contribution in [0.15, 0.2) is 12.4 Å². The molecule has 4 fully saturated rings. The topological polar surface area (TPSA) is 68.0 Å². The van der Waals surface area contributed by atoms with E-state index in [0.717, 1.165) is 42.9 Å². The van der Waals surface area contributed by atoms with Crippen LogP contribution in [0.3, 0.4) is 0 Å². The number of aromatic nitrogens is 3. The molecule has 5 heteroatoms. The fourth-order valence-corrected chi connectivity index (χ4v) is 8.20. The number of carbonyl (C=O) groups is 1. The Morgan fingerprint density at radius 2 is 1.89 bits per heavy atom. The van der Waals surface area contributed by atoms with E-state index in [-0.39, 0.29) is 11.3 Å². The van der Waals surface area contributed by atoms with Crippen molar-refractivity contribution in [1.29, 1.82) is 0 Å². The van der Waals surface area contributed by atoms with E-state index in [1.165, 1.54) is 38.5 Å². The van der Waals surface area contributed by atoms with Gasteiger partial charge in [-0.05, 0) is 99.7 Å². The first-order chi connectivity index (χ1) is 13.4. The van der Waals surface area contributed by atoms with Crippen molar-refractivity contribution < 1.29 is 9.90 Å². The summed E-state index contributed by atoms with van der Waals surface area (Å²) < 4.78 is 1.68. The monoisotopic (exact) mass is 385 g/mol. The number of aliphatic hydroxyl groups is 1. The molecular formula is C23H35N3O2. The Labute approximate surface area is 168 Å². The molecule has 1 aromatic heterocycles. The van der Waals surface area contributed by atoms with Crippen molar-refractivity contribution in [3.05, 3.63) is 12.4 Å². The third-order valence-electron chi connectivity index (χ3n) is 9.42. The molecule has 0 saturated heterocycles. The fourth-order valence-electron chi connectivity index (χ4n) is 8.20. The maximum absolute atomic E-state index is 13.1. The molecule has 0 aromatic carbocycles. The zero-order chi connectivity index (χ0) is 19.5. The summed E-state index contributed by atoms with van der Waals surface area (Å²) in [5, 5.41) is 18.4. The Morgan fingerprint density at radius 1 is 1.07 bits per heavy atom. The molecule has 4 aliphatic rings. The second-order valence-electron chi connectivity index (χ2n) is 10.9. The van der Waals surface area contributed by atoms with E-state index in [1.807, 2.05) is 6.92 Å². The molecule has 0 spiro atoms. The third kappa shape index (κ3) is 2.96. The zero-order valence-electron chi connectivity index (χ0n) is 17.4. The van der Waals surface area contributed by atoms with Gasteiger partial charge in [-0.1, -0.05) is 12.1 Å². The Morgan fingerprint density at radius 3 is 2.68 bits per heavy atom. The van der Waals surface area contributed by atoms with Crippen molar-refractivity contribution in [2.45, 2.75) is 83.8 Å². The zero-order valence-corrected chi connectivity index (χ0v) is 17.4. The van der Waals surface area contributed by atoms with Crippen molar-refractivity contribution >= 4 is 5.78 Å². The summed E-state index contributed by atoms with van der Waals surface area (Å²) in [5.74, 6) is 4.42. The highest BCUT2D eigenvalue weighted by Gasteiger charge is 2.58. The van der Waals surface area contributed by atoms with Crippen LogP contribution < -0.4 is 0 Å². The molecule has 0 radical (unpaired) electrons. The van der Waals surface area contributed by atoms with Crippen LogP contribution in [0.25, 0.3) is 0 Å². The molecule has 4 saturated carbocycles. The maximum Gasteiger partial charge on any atom is 0.157 e. The molecule has 154 valence electrons. The predicted molar refractivity (Wildman–Crippen MR) is 106 cm³/mol. The minimum atomic E-state index is -0.441. The van der Waals surface area contributed by atoms with Crippen LogP contribution in [0.2, 0.25) is 0 Å². The van der Waals surface area contributed by atoms with Gasteiger partial charge in [-0.2, -0.15) is 0 Å². The van der Waals surface area contributed by atoms with Gasteiger partial charge in [0.2, 0.25) is 0 Å². The van der Waals surface area contributed by atoms with E-state index < -0.39 is 5.60 Å². The fraction of sp³-hybridized carbons (Fsp3) is 0.870. The minimum absolute atomic E-state index is 0.172. The third-order valence-corrected chi connectivity index (χ3v) is 9.42. The minimum Gasteiger partial charge on any atom is -0.390 e. The molecule has 28 heavy (non-hydrogen) atoms. The first-order valence-electron chi connectivity index (χ1n) is 11.5. The highest BCUT2D eigenvalue weighted by Crippen LogP contribution is 2.64. The van der Waals surface area contributed by atoms with Gasteiger partial charge in [0.1, 0.15) is 6.54 Å². The number of Topliss-reactive ketones (excluding diaryl/α,β-unsaturated/α-hetero) is 1. The van der Waals surface area contributed by atoms with E-state index in [9.17, 15) is 9.90 Å². The van der Waals surface area contributed by atoms with E-state index in [2.05, 4.69) is 17.2 Å². The van der Waals surface area contributed by atoms with Crippen LogP contribution in [-0.4, -0.2) is 31.5 Å². The number of hydrogen-bond donors (Lipinski definition) is 1. The van der Waals surface area contributed by atoms with Crippen molar-refractivity contribution in [3.63, 3.8) is 0 Å². The van der Waals surface area contributed by atoms with Crippen molar-refractivity contribution in [3.8, 4) is 0 Å². The summed E-state index contributed by atoms with van der Waals surface area (Å²) in [4.78, 5) is 13.1. The van der Waals surface area contributed by atoms with Crippen molar-refractivity contribution in [2.75, 3.05) is 0 Å². The maximum atomic E-state index is 13.1. The number of hydrogen-bond acceptors (Lipinski definition) is 4. The summed E-state index contributed by atoms with van der Waals surface area (Å²) in [6, 6.07) is 0. The van der Waals surface area contributed by atoms with Crippen LogP contribution in [0.1, 0.15) is 71.6 Å². The molecule has 1 N–H and O–H groups in total. The Hall–Kier alpha value is -1.23. The highest BCUT2D eigenvalue weighted by atomic mass is 16.3. The van der Waals surface area contributed by atoms with Gasteiger partial charge in [0.15, 0.2) is 5.78 Å². The first-order valence-corrected chi connectivity index (χ1v) is 11.5. The Bertz CT molecular complexity index is 730. The van der Waals surface area contributed by atoms with Gasteiger partial charge < -0.3 is 5.11 Å². The molecule has 1 aromatic rings. The SMILES string of the molecule is C[C@@]1(O)CC[C@H]2[C@H](CC[C@@H]3[C@@H]2CC[C@]2(C)[C@@H](C(=O)Cn4ccnn4)CC[C@@H]32)C1. The van der Waals surface area contributed by atoms with Gasteiger partial charge in [-0.3, -0.25) is 4.79 Å². The molecule has 4 aliphatic carbocycles. The van der Waals surface area contributed by atoms with Crippen LogP contribution in [0.5, 0.6) is 0 Å². The lowest BCUT2D eigenvalue weighted by atomic mass is 9.49. The molecule has 1 heterocycles. The molecule has 0 amide bonds. The van der Waals surface area contributed by atoms with Crippen LogP contribution in [0, 0.1) is 40.9 Å². The van der Waals surface area contributed by atoms with E-state index in [4.69, 9.17) is 0 Å². The van der Waals surface area contributed by atoms with E-state index in [1.54, 1.807) is 17.1 Å². The van der Waals surface area contributed by atoms with Gasteiger partial charge in [0.05, 0.1) is 11.8 Å². The van der Waals surface area contributed by atoms with Gasteiger partial charge in [0, 0.05) is 12.1 Å². The summed E-state index contributed by atoms with van der Waals surface area (Å²) in [6.45, 7) is 4.83. The predicted octanol–water partition coefficient (Wildman–Crippen LogP) is 3.87. The van der Waals surface area contributed by atoms with Gasteiger partial charge in [-0.15, -0.1) is 5.10 Å². The average Bonchev–Trinajstić information content (AvgIpc) is 3.27. The molecule has 0 unspecified atom stereocenters. The molecule has 0 bridgehead atoms. The summed E-state index contributed by atoms with van der Waals surface area (Å²) in [6.07, 6.45) is 14.0. The number of ketones is 1. The van der Waals surface area contributed by atoms with Gasteiger partial charge in [-0.25, -0.2) is 4.68 Å². The van der Waals surface area contributed by atoms with E-state index >= 15 is 0 Å². The quantitative estimate of drug-likeness (QED) is 0.858. The lowest BCUT2D eigenvalue weighted by Gasteiger charge is -2.56. The second kappa shape index (κ2) is 6.65. The van der Waals surface area contributed by atoms with Crippen LogP contribution >= 0.6 is 0 Å². The molecule has 0 aliphatic heterocycles. The second-order valence-corrected chi connectivity index (χ2v) is 10.9. The van der Waals surface area contributed by atoms with E-state index in [0.29, 0.717) is 18.2 Å². The number of carbonyl (C=O) groups excluding carboxylic acids is 1. The number of rotatable bonds is 3. The largest absolute Gasteiger partial charge is 0.390 e. The molecule has 5 rings (SSSR count). The molecule has 5 nitrogen and oxygen atoms in total. The lowest BCUT2D eigenvalue weighted by Crippen LogP contribution is -2.51. The van der Waals surface area contributed by atoms with Gasteiger partial charge in [0.25, 0.3) is 0 Å². The first kappa shape index (κ1) is 18.8. The summed E-state index contributed by atoms with van der Waals surface area (Å²) in [5.41, 5.74) is -0.269. The van der Waals surface area contributed by atoms with Gasteiger partial charge >= 0.3 is 0 Å². The van der Waals surface area contributed by atoms with Crippen LogP contribution in [-0.2, 0) is 11.3 Å². The molecule has 8 atom stereocenters. The lowest BCUT2D eigenvalue weighted by molar-refractivity contribution is -0.133. The molecular weight excluding hydrogens is 350 g/mol. The van der Waals surface area contributed by atoms with Crippen molar-refractivity contribution in [2.24, 2.45) is 40.9 Å². The average molecular weight is 386 g/mol. The van der Waals surface area contributed by atoms with Crippen molar-refractivity contribution in [1.82, 2.24) is 15.0 Å². The normalized spacial score (nSPS) is 47.8. The summed E-state index contributed by atoms with van der Waals surface area (Å²) >= 11 is 0.